The Bertz CT molecular complexity index is 520. The lowest BCUT2D eigenvalue weighted by molar-refractivity contribution is 0.0526. The zero-order valence-corrected chi connectivity index (χ0v) is 14.0. The summed E-state index contributed by atoms with van der Waals surface area (Å²) in [6.07, 6.45) is 4.48. The molecule has 1 atom stereocenters. The Morgan fingerprint density at radius 3 is 2.62 bits per heavy atom. The zero-order chi connectivity index (χ0) is 16.0. The van der Waals surface area contributed by atoms with Crippen LogP contribution in [-0.2, 0) is 4.74 Å². The number of nitrogens with zero attached hydrogens (tertiary/aromatic N) is 1. The maximum atomic E-state index is 11.8. The topological polar surface area (TPSA) is 29.5 Å². The van der Waals surface area contributed by atoms with Crippen LogP contribution in [0.1, 0.15) is 50.0 Å². The van der Waals surface area contributed by atoms with E-state index in [0.29, 0.717) is 18.1 Å². The van der Waals surface area contributed by atoms with E-state index in [1.807, 2.05) is 37.9 Å². The Morgan fingerprint density at radius 2 is 2.05 bits per heavy atom. The second-order valence-electron chi connectivity index (χ2n) is 5.38. The van der Waals surface area contributed by atoms with Gasteiger partial charge in [-0.1, -0.05) is 13.8 Å². The van der Waals surface area contributed by atoms with Crippen LogP contribution in [0.2, 0.25) is 0 Å². The highest BCUT2D eigenvalue weighted by molar-refractivity contribution is 5.91. The second kappa shape index (κ2) is 7.80. The van der Waals surface area contributed by atoms with E-state index in [1.54, 1.807) is 6.07 Å². The van der Waals surface area contributed by atoms with Gasteiger partial charge in [0.1, 0.15) is 0 Å². The van der Waals surface area contributed by atoms with Crippen LogP contribution in [0.5, 0.6) is 0 Å². The van der Waals surface area contributed by atoms with Crippen molar-refractivity contribution in [2.75, 3.05) is 18.6 Å². The maximum absolute atomic E-state index is 11.8. The van der Waals surface area contributed by atoms with Crippen molar-refractivity contribution in [2.24, 2.45) is 5.92 Å². The van der Waals surface area contributed by atoms with E-state index < -0.39 is 0 Å². The van der Waals surface area contributed by atoms with Crippen molar-refractivity contribution in [3.05, 3.63) is 41.1 Å². The van der Waals surface area contributed by atoms with Crippen molar-refractivity contribution < 1.29 is 9.53 Å². The molecular formula is C18H26NO2+. The minimum atomic E-state index is -0.283. The largest absolute Gasteiger partial charge is 0.462 e. The van der Waals surface area contributed by atoms with E-state index in [-0.39, 0.29) is 5.97 Å². The summed E-state index contributed by atoms with van der Waals surface area (Å²) >= 11 is 0. The summed E-state index contributed by atoms with van der Waals surface area (Å²) in [4.78, 5) is 13.8. The maximum Gasteiger partial charge on any atom is 0.340 e. The number of hydrogen-bond donors (Lipinski definition) is 0. The summed E-state index contributed by atoms with van der Waals surface area (Å²) in [6.45, 7) is 10.7. The molecule has 114 valence electrons. The average Bonchev–Trinajstić information content (AvgIpc) is 2.46. The van der Waals surface area contributed by atoms with Gasteiger partial charge in [-0.2, -0.15) is 4.90 Å². The summed E-state index contributed by atoms with van der Waals surface area (Å²) in [6, 6.07) is 5.61. The van der Waals surface area contributed by atoms with Crippen molar-refractivity contribution in [1.29, 1.82) is 0 Å². The summed E-state index contributed by atoms with van der Waals surface area (Å²) in [5, 5.41) is 0. The fourth-order valence-electron chi connectivity index (χ4n) is 2.05. The normalized spacial score (nSPS) is 12.6. The fraction of sp³-hybridized carbons (Fsp3) is 0.500. The third-order valence-electron chi connectivity index (χ3n) is 3.78. The molecule has 0 heterocycles. The monoisotopic (exact) mass is 288 g/mol. The van der Waals surface area contributed by atoms with E-state index >= 15 is 0 Å². The van der Waals surface area contributed by atoms with Crippen molar-refractivity contribution in [1.82, 2.24) is 0 Å². The third kappa shape index (κ3) is 4.57. The molecule has 21 heavy (non-hydrogen) atoms. The third-order valence-corrected chi connectivity index (χ3v) is 3.78. The minimum Gasteiger partial charge on any atom is -0.462 e. The molecule has 0 amide bonds. The van der Waals surface area contributed by atoms with Crippen LogP contribution in [-0.4, -0.2) is 19.6 Å². The minimum absolute atomic E-state index is 0.283. The number of aryl methyl sites for hydroxylation is 1. The molecule has 1 unspecified atom stereocenters. The first kappa shape index (κ1) is 17.2. The highest BCUT2D eigenvalue weighted by Gasteiger charge is 2.19. The predicted molar refractivity (Wildman–Crippen MR) is 87.4 cm³/mol. The van der Waals surface area contributed by atoms with Gasteiger partial charge in [-0.15, -0.1) is 0 Å². The van der Waals surface area contributed by atoms with Gasteiger partial charge < -0.3 is 4.74 Å². The number of hydrogen-bond acceptors (Lipinski definition) is 3. The van der Waals surface area contributed by atoms with Gasteiger partial charge in [-0.25, -0.2) is 4.79 Å². The first-order valence-electron chi connectivity index (χ1n) is 7.52. The standard InChI is InChI=1S/C18H26NO2/c1-7-13(3)15(5)12-19(6)17-11-16(10-9-14(17)4)18(20)21-8-2/h9-11,13H,7-8H2,1-6H3/q+1. The van der Waals surface area contributed by atoms with Crippen molar-refractivity contribution >= 4 is 11.7 Å². The number of ether oxygens (including phenoxy) is 1. The number of esters is 1. The molecule has 1 rings (SSSR count). The lowest BCUT2D eigenvalue weighted by atomic mass is 10.0. The van der Waals surface area contributed by atoms with Crippen LogP contribution in [0.4, 0.5) is 5.69 Å². The summed E-state index contributed by atoms with van der Waals surface area (Å²) in [5.41, 5.74) is 3.87. The Hall–Kier alpha value is -1.86. The average molecular weight is 288 g/mol. The van der Waals surface area contributed by atoms with Crippen LogP contribution in [0.25, 0.3) is 0 Å². The molecule has 0 fully saturated rings. The van der Waals surface area contributed by atoms with Gasteiger partial charge >= 0.3 is 5.97 Å². The van der Waals surface area contributed by atoms with Crippen molar-refractivity contribution in [3.8, 4) is 0 Å². The molecule has 0 saturated carbocycles. The van der Waals surface area contributed by atoms with Gasteiger partial charge in [0.2, 0.25) is 0 Å². The Balaban J connectivity index is 3.06. The SMILES string of the molecule is CCOC(=O)c1ccc(C)c(N(C)[C+]=C(C)C(C)CC)c1. The summed E-state index contributed by atoms with van der Waals surface area (Å²) < 4.78 is 5.06. The Labute approximate surface area is 128 Å². The molecular weight excluding hydrogens is 262 g/mol. The number of carbonyl (C=O) groups excluding carboxylic acids is 1. The zero-order valence-electron chi connectivity index (χ0n) is 14.0. The number of allylic oxidation sites excluding steroid dienone is 1. The molecule has 3 heteroatoms. The van der Waals surface area contributed by atoms with Gasteiger partial charge in [0, 0.05) is 5.92 Å². The smallest absolute Gasteiger partial charge is 0.340 e. The van der Waals surface area contributed by atoms with E-state index in [2.05, 4.69) is 27.0 Å². The van der Waals surface area contributed by atoms with Crippen LogP contribution in [0.3, 0.4) is 0 Å². The van der Waals surface area contributed by atoms with Gasteiger partial charge in [-0.05, 0) is 39.3 Å². The van der Waals surface area contributed by atoms with Crippen LogP contribution < -0.4 is 4.90 Å². The predicted octanol–water partition coefficient (Wildman–Crippen LogP) is 4.36. The fourth-order valence-corrected chi connectivity index (χ4v) is 2.05. The molecule has 0 N–H and O–H groups in total. The van der Waals surface area contributed by atoms with Gasteiger partial charge in [0.05, 0.1) is 36.4 Å². The van der Waals surface area contributed by atoms with E-state index in [0.717, 1.165) is 17.7 Å². The highest BCUT2D eigenvalue weighted by Crippen LogP contribution is 2.23. The molecule has 0 aliphatic heterocycles. The summed E-state index contributed by atoms with van der Waals surface area (Å²) in [5.74, 6) is 0.218. The van der Waals surface area contributed by atoms with Crippen molar-refractivity contribution in [2.45, 2.75) is 41.0 Å². The van der Waals surface area contributed by atoms with Gasteiger partial charge in [-0.3, -0.25) is 0 Å². The van der Waals surface area contributed by atoms with Crippen LogP contribution >= 0.6 is 0 Å². The molecule has 1 aromatic rings. The lowest BCUT2D eigenvalue weighted by Crippen LogP contribution is -2.14. The highest BCUT2D eigenvalue weighted by atomic mass is 16.5. The van der Waals surface area contributed by atoms with Crippen molar-refractivity contribution in [3.63, 3.8) is 0 Å². The first-order valence-corrected chi connectivity index (χ1v) is 7.52. The van der Waals surface area contributed by atoms with Gasteiger partial charge in [0.25, 0.3) is 0 Å². The van der Waals surface area contributed by atoms with Crippen LogP contribution in [0.15, 0.2) is 23.8 Å². The molecule has 0 aromatic heterocycles. The van der Waals surface area contributed by atoms with E-state index in [1.165, 1.54) is 5.57 Å². The number of rotatable bonds is 6. The number of benzene rings is 1. The number of carbonyl (C=O) groups is 1. The molecule has 0 aliphatic carbocycles. The molecule has 0 bridgehead atoms. The quantitative estimate of drug-likeness (QED) is 0.442. The lowest BCUT2D eigenvalue weighted by Gasteiger charge is -2.09. The molecule has 3 nitrogen and oxygen atoms in total. The Morgan fingerprint density at radius 1 is 1.38 bits per heavy atom. The molecule has 0 radical (unpaired) electrons. The molecule has 1 aromatic carbocycles. The molecule has 0 saturated heterocycles. The second-order valence-corrected chi connectivity index (χ2v) is 5.38. The molecule has 0 aliphatic rings. The Kier molecular flexibility index (Phi) is 6.39. The van der Waals surface area contributed by atoms with E-state index in [4.69, 9.17) is 4.74 Å². The summed E-state index contributed by atoms with van der Waals surface area (Å²) in [7, 11) is 1.96. The van der Waals surface area contributed by atoms with Crippen LogP contribution in [0, 0.1) is 19.0 Å². The molecule has 0 spiro atoms. The first-order chi connectivity index (χ1) is 9.90. The van der Waals surface area contributed by atoms with E-state index in [9.17, 15) is 4.79 Å². The van der Waals surface area contributed by atoms with Gasteiger partial charge in [0.15, 0.2) is 11.9 Å². The number of anilines is 1.